The van der Waals surface area contributed by atoms with E-state index in [4.69, 9.17) is 0 Å². The molecular weight excluding hydrogens is 292 g/mol. The second-order valence-electron chi connectivity index (χ2n) is 4.77. The molecule has 20 heavy (non-hydrogen) atoms. The number of thiophene rings is 1. The first-order valence-corrected chi connectivity index (χ1v) is 8.67. The second kappa shape index (κ2) is 5.50. The number of hydrogen-bond acceptors (Lipinski definition) is 4. The smallest absolute Gasteiger partial charge is 0.186 e. The Balaban J connectivity index is 2.32. The van der Waals surface area contributed by atoms with Gasteiger partial charge in [0.05, 0.1) is 4.90 Å². The number of benzene rings is 1. The van der Waals surface area contributed by atoms with Crippen LogP contribution in [0.3, 0.4) is 0 Å². The SMILES string of the molecule is Cc1cc(C(=O)CS(=O)(=O)c2ccccc2C)c(C)s1. The molecule has 0 saturated heterocycles. The van der Waals surface area contributed by atoms with Crippen LogP contribution in [0.15, 0.2) is 35.2 Å². The van der Waals surface area contributed by atoms with E-state index >= 15 is 0 Å². The first-order chi connectivity index (χ1) is 9.31. The molecule has 5 heteroatoms. The van der Waals surface area contributed by atoms with Gasteiger partial charge in [0.25, 0.3) is 0 Å². The highest BCUT2D eigenvalue weighted by Gasteiger charge is 2.23. The van der Waals surface area contributed by atoms with Crippen molar-refractivity contribution in [2.24, 2.45) is 0 Å². The lowest BCUT2D eigenvalue weighted by atomic mass is 10.2. The second-order valence-corrected chi connectivity index (χ2v) is 8.19. The molecule has 0 spiro atoms. The topological polar surface area (TPSA) is 51.2 Å². The molecule has 1 heterocycles. The van der Waals surface area contributed by atoms with E-state index < -0.39 is 15.6 Å². The number of carbonyl (C=O) groups is 1. The third-order valence-electron chi connectivity index (χ3n) is 3.09. The minimum Gasteiger partial charge on any atom is -0.293 e. The molecule has 0 N–H and O–H groups in total. The van der Waals surface area contributed by atoms with E-state index in [-0.39, 0.29) is 10.7 Å². The van der Waals surface area contributed by atoms with Gasteiger partial charge in [-0.3, -0.25) is 4.79 Å². The predicted molar refractivity (Wildman–Crippen MR) is 81.4 cm³/mol. The maximum absolute atomic E-state index is 12.3. The van der Waals surface area contributed by atoms with Crippen LogP contribution in [-0.4, -0.2) is 20.0 Å². The van der Waals surface area contributed by atoms with Crippen molar-refractivity contribution < 1.29 is 13.2 Å². The Morgan fingerprint density at radius 3 is 2.35 bits per heavy atom. The van der Waals surface area contributed by atoms with Crippen molar-refractivity contribution in [2.45, 2.75) is 25.7 Å². The molecule has 2 rings (SSSR count). The fourth-order valence-corrected chi connectivity index (χ4v) is 4.58. The Kier molecular flexibility index (Phi) is 4.11. The first kappa shape index (κ1) is 14.9. The summed E-state index contributed by atoms with van der Waals surface area (Å²) in [5.74, 6) is -0.815. The minimum absolute atomic E-state index is 0.234. The van der Waals surface area contributed by atoms with Crippen molar-refractivity contribution >= 4 is 27.0 Å². The van der Waals surface area contributed by atoms with Gasteiger partial charge in [-0.25, -0.2) is 8.42 Å². The van der Waals surface area contributed by atoms with Crippen LogP contribution in [0, 0.1) is 20.8 Å². The van der Waals surface area contributed by atoms with Gasteiger partial charge in [-0.2, -0.15) is 0 Å². The van der Waals surface area contributed by atoms with E-state index in [9.17, 15) is 13.2 Å². The van der Waals surface area contributed by atoms with Crippen molar-refractivity contribution in [3.05, 3.63) is 51.2 Å². The third-order valence-corrected chi connectivity index (χ3v) is 5.83. The van der Waals surface area contributed by atoms with Crippen LogP contribution < -0.4 is 0 Å². The van der Waals surface area contributed by atoms with Crippen LogP contribution >= 0.6 is 11.3 Å². The average molecular weight is 308 g/mol. The van der Waals surface area contributed by atoms with Crippen molar-refractivity contribution in [2.75, 3.05) is 5.75 Å². The summed E-state index contributed by atoms with van der Waals surface area (Å²) in [5, 5.41) is 0. The van der Waals surface area contributed by atoms with Crippen molar-refractivity contribution in [3.63, 3.8) is 0 Å². The zero-order valence-corrected chi connectivity index (χ0v) is 13.3. The molecule has 2 aromatic rings. The largest absolute Gasteiger partial charge is 0.293 e. The Bertz CT molecular complexity index is 755. The van der Waals surface area contributed by atoms with Crippen LogP contribution in [0.4, 0.5) is 0 Å². The Hall–Kier alpha value is -1.46. The molecule has 0 fully saturated rings. The van der Waals surface area contributed by atoms with Gasteiger partial charge in [0.15, 0.2) is 15.6 Å². The summed E-state index contributed by atoms with van der Waals surface area (Å²) in [5.41, 5.74) is 1.18. The zero-order valence-electron chi connectivity index (χ0n) is 11.6. The third kappa shape index (κ3) is 2.99. The summed E-state index contributed by atoms with van der Waals surface area (Å²) in [4.78, 5) is 14.3. The highest BCUT2D eigenvalue weighted by atomic mass is 32.2. The molecule has 0 atom stereocenters. The van der Waals surface area contributed by atoms with Gasteiger partial charge in [0, 0.05) is 15.3 Å². The summed E-state index contributed by atoms with van der Waals surface area (Å²) in [6.45, 7) is 5.48. The minimum atomic E-state index is -3.59. The monoisotopic (exact) mass is 308 g/mol. The molecule has 0 aliphatic carbocycles. The van der Waals surface area contributed by atoms with Crippen molar-refractivity contribution in [1.29, 1.82) is 0 Å². The molecule has 0 amide bonds. The number of sulfone groups is 1. The average Bonchev–Trinajstić information content (AvgIpc) is 2.68. The standard InChI is InChI=1S/C15H16O3S2/c1-10-6-4-5-7-15(10)20(17,18)9-14(16)13-8-11(2)19-12(13)3/h4-8H,9H2,1-3H3. The Morgan fingerprint density at radius 2 is 1.80 bits per heavy atom. The van der Waals surface area contributed by atoms with E-state index in [1.54, 1.807) is 37.3 Å². The first-order valence-electron chi connectivity index (χ1n) is 6.20. The van der Waals surface area contributed by atoms with Gasteiger partial charge in [-0.1, -0.05) is 18.2 Å². The molecule has 0 saturated carbocycles. The summed E-state index contributed by atoms with van der Waals surface area (Å²) < 4.78 is 24.7. The summed E-state index contributed by atoms with van der Waals surface area (Å²) >= 11 is 1.51. The molecule has 0 bridgehead atoms. The van der Waals surface area contributed by atoms with Gasteiger partial charge in [-0.15, -0.1) is 11.3 Å². The van der Waals surface area contributed by atoms with Gasteiger partial charge in [-0.05, 0) is 38.5 Å². The fourth-order valence-electron chi connectivity index (χ4n) is 2.14. The molecule has 0 aliphatic heterocycles. The van der Waals surface area contributed by atoms with Crippen molar-refractivity contribution in [1.82, 2.24) is 0 Å². The highest BCUT2D eigenvalue weighted by molar-refractivity contribution is 7.92. The van der Waals surface area contributed by atoms with Gasteiger partial charge < -0.3 is 0 Å². The number of rotatable bonds is 4. The van der Waals surface area contributed by atoms with E-state index in [1.165, 1.54) is 11.3 Å². The van der Waals surface area contributed by atoms with Gasteiger partial charge in [0.2, 0.25) is 0 Å². The lowest BCUT2D eigenvalue weighted by Gasteiger charge is -2.06. The molecule has 0 aliphatic rings. The quantitative estimate of drug-likeness (QED) is 0.814. The molecule has 0 radical (unpaired) electrons. The molecular formula is C15H16O3S2. The maximum Gasteiger partial charge on any atom is 0.186 e. The number of aryl methyl sites for hydroxylation is 3. The molecule has 1 aromatic carbocycles. The highest BCUT2D eigenvalue weighted by Crippen LogP contribution is 2.23. The summed E-state index contributed by atoms with van der Waals surface area (Å²) in [6, 6.07) is 8.49. The van der Waals surface area contributed by atoms with E-state index in [2.05, 4.69) is 0 Å². The molecule has 1 aromatic heterocycles. The lowest BCUT2D eigenvalue weighted by Crippen LogP contribution is -2.17. The predicted octanol–water partition coefficient (Wildman–Crippen LogP) is 3.33. The number of carbonyl (C=O) groups excluding carboxylic acids is 1. The zero-order chi connectivity index (χ0) is 14.9. The van der Waals surface area contributed by atoms with E-state index in [1.807, 2.05) is 13.8 Å². The van der Waals surface area contributed by atoms with Gasteiger partial charge >= 0.3 is 0 Å². The lowest BCUT2D eigenvalue weighted by molar-refractivity contribution is 0.102. The Morgan fingerprint density at radius 1 is 1.15 bits per heavy atom. The van der Waals surface area contributed by atoms with Crippen LogP contribution in [0.5, 0.6) is 0 Å². The normalized spacial score (nSPS) is 11.6. The van der Waals surface area contributed by atoms with E-state index in [0.29, 0.717) is 11.1 Å². The van der Waals surface area contributed by atoms with Crippen LogP contribution in [0.25, 0.3) is 0 Å². The number of ketones is 1. The van der Waals surface area contributed by atoms with Crippen molar-refractivity contribution in [3.8, 4) is 0 Å². The summed E-state index contributed by atoms with van der Waals surface area (Å²) in [7, 11) is -3.59. The number of hydrogen-bond donors (Lipinski definition) is 0. The molecule has 3 nitrogen and oxygen atoms in total. The fraction of sp³-hybridized carbons (Fsp3) is 0.267. The summed E-state index contributed by atoms with van der Waals surface area (Å²) in [6.07, 6.45) is 0. The Labute approximate surface area is 123 Å². The van der Waals surface area contributed by atoms with Gasteiger partial charge in [0.1, 0.15) is 5.75 Å². The van der Waals surface area contributed by atoms with E-state index in [0.717, 1.165) is 9.75 Å². The molecule has 0 unspecified atom stereocenters. The van der Waals surface area contributed by atoms with Crippen LogP contribution in [0.2, 0.25) is 0 Å². The van der Waals surface area contributed by atoms with Crippen LogP contribution in [-0.2, 0) is 9.84 Å². The number of Topliss-reactive ketones (excluding diaryl/α,β-unsaturated/α-hetero) is 1. The molecule has 106 valence electrons. The van der Waals surface area contributed by atoms with Crippen LogP contribution in [0.1, 0.15) is 25.7 Å². The maximum atomic E-state index is 12.3.